The highest BCUT2D eigenvalue weighted by atomic mass is 32.1. The molecule has 1 atom stereocenters. The molecular formula is C87H88BN3S. The van der Waals surface area contributed by atoms with E-state index in [2.05, 4.69) is 301 Å². The molecule has 0 saturated carbocycles. The van der Waals surface area contributed by atoms with Crippen LogP contribution < -0.4 is 30.4 Å². The summed E-state index contributed by atoms with van der Waals surface area (Å²) < 4.78 is 2.84. The summed E-state index contributed by atoms with van der Waals surface area (Å²) in [7, 11) is 0. The van der Waals surface area contributed by atoms with Gasteiger partial charge in [-0.25, -0.2) is 0 Å². The molecule has 0 fully saturated rings. The van der Waals surface area contributed by atoms with Crippen molar-refractivity contribution in [1.82, 2.24) is 0 Å². The Labute approximate surface area is 552 Å². The summed E-state index contributed by atoms with van der Waals surface area (Å²) in [4.78, 5) is 8.28. The average molecular weight is 1220 g/mol. The first-order valence-electron chi connectivity index (χ1n) is 34.7. The van der Waals surface area contributed by atoms with Gasteiger partial charge in [-0.3, -0.25) is 0 Å². The molecule has 3 nitrogen and oxygen atoms in total. The molecule has 18 rings (SSSR count). The van der Waals surface area contributed by atoms with Gasteiger partial charge in [0.2, 0.25) is 0 Å². The van der Waals surface area contributed by atoms with Crippen molar-refractivity contribution in [3.05, 3.63) is 225 Å². The van der Waals surface area contributed by atoms with Crippen molar-refractivity contribution in [2.75, 3.05) is 14.7 Å². The van der Waals surface area contributed by atoms with Crippen LogP contribution in [0.2, 0.25) is 0 Å². The molecule has 0 saturated heterocycles. The predicted molar refractivity (Wildman–Crippen MR) is 394 cm³/mol. The van der Waals surface area contributed by atoms with Gasteiger partial charge in [0.1, 0.15) is 0 Å². The van der Waals surface area contributed by atoms with E-state index in [4.69, 9.17) is 0 Å². The lowest BCUT2D eigenvalue weighted by Crippen LogP contribution is -2.61. The van der Waals surface area contributed by atoms with Crippen molar-refractivity contribution in [2.24, 2.45) is 0 Å². The van der Waals surface area contributed by atoms with Crippen molar-refractivity contribution < 1.29 is 0 Å². The Kier molecular flexibility index (Phi) is 11.3. The van der Waals surface area contributed by atoms with Gasteiger partial charge in [-0.05, 0) is 238 Å². The van der Waals surface area contributed by atoms with Crippen molar-refractivity contribution >= 4 is 95.0 Å². The van der Waals surface area contributed by atoms with E-state index in [9.17, 15) is 0 Å². The molecule has 8 aliphatic rings. The van der Waals surface area contributed by atoms with Crippen molar-refractivity contribution in [3.63, 3.8) is 0 Å². The second-order valence-electron chi connectivity index (χ2n) is 34.4. The summed E-state index contributed by atoms with van der Waals surface area (Å²) >= 11 is 2.08. The predicted octanol–water partition coefficient (Wildman–Crippen LogP) is 22.2. The van der Waals surface area contributed by atoms with E-state index in [0.29, 0.717) is 5.92 Å². The highest BCUT2D eigenvalue weighted by Crippen LogP contribution is 2.68. The van der Waals surface area contributed by atoms with E-state index in [1.54, 1.807) is 0 Å². The van der Waals surface area contributed by atoms with E-state index in [0.717, 1.165) is 19.3 Å². The van der Waals surface area contributed by atoms with Crippen LogP contribution in [0.1, 0.15) is 216 Å². The van der Waals surface area contributed by atoms with E-state index >= 15 is 0 Å². The van der Waals surface area contributed by atoms with Gasteiger partial charge in [-0.1, -0.05) is 202 Å². The van der Waals surface area contributed by atoms with Crippen molar-refractivity contribution in [1.29, 1.82) is 0 Å². The Bertz CT molecular complexity index is 4920. The SMILES string of the molecule is CC1(C)CCC(C)(C)c2cc(N3c4cc5c(cc4B4c6sc7cc8c(cc7c6N(c6ccccc6)c6cc(N(c7ccc9c(c7)C(C)(C)c7ccccc7-9)c7ccc9c%10c7C%10C(C)(C)c7ccccc7-9)cc3c64)C(C)(C)CCC8(C)C)C(C)(C)CCC5(C)C)ccc21. The van der Waals surface area contributed by atoms with Gasteiger partial charge in [-0.15, -0.1) is 11.3 Å². The largest absolute Gasteiger partial charge is 0.311 e. The second kappa shape index (κ2) is 18.2. The van der Waals surface area contributed by atoms with Crippen LogP contribution in [0.3, 0.4) is 0 Å². The molecule has 0 amide bonds. The van der Waals surface area contributed by atoms with Crippen LogP contribution in [-0.2, 0) is 43.3 Å². The van der Waals surface area contributed by atoms with E-state index in [-0.39, 0.29) is 50.0 Å². The maximum atomic E-state index is 2.79. The molecule has 1 unspecified atom stereocenters. The number of anilines is 9. The highest BCUT2D eigenvalue weighted by Gasteiger charge is 2.55. The number of fused-ring (bicyclic) bond motifs is 15. The molecule has 6 aliphatic carbocycles. The molecule has 10 aromatic rings. The fraction of sp³-hybridized carbons (Fsp3) is 0.356. The van der Waals surface area contributed by atoms with Crippen LogP contribution >= 0.6 is 11.3 Å². The molecule has 2 aliphatic heterocycles. The minimum Gasteiger partial charge on any atom is -0.311 e. The molecule has 1 aromatic heterocycles. The monoisotopic (exact) mass is 1220 g/mol. The quantitative estimate of drug-likeness (QED) is 0.159. The number of nitrogens with zero attached hydrogens (tertiary/aromatic N) is 3. The van der Waals surface area contributed by atoms with Gasteiger partial charge in [0.25, 0.3) is 6.71 Å². The van der Waals surface area contributed by atoms with Gasteiger partial charge < -0.3 is 14.7 Å². The zero-order chi connectivity index (χ0) is 63.7. The standard InChI is InChI=1S/C87H88BN3S/c1-80(2)36-37-81(3,4)63-43-52(31-34-61(63)80)90-70-48-66-65(83(7,8)39-40-84(66,9)10)47-68(70)88-77-71(90)44-53(45-72(77)91(50-24-18-17-19-25-50)78-58-46-64-67(49-73(58)92-79(78)88)85(11,12)41-38-82(64,5)6)89(51-30-32-56-54-26-20-22-28-59(54)86(13,14)62(56)42-51)69-35-33-57-55-27-21-23-29-60(55)87(15,16)76-74(57)75(69)76/h17-35,42-49,76H,36-41H2,1-16H3. The number of thiophene rings is 1. The minimum absolute atomic E-state index is 0.00296. The van der Waals surface area contributed by atoms with Crippen LogP contribution in [0.25, 0.3) is 32.3 Å². The Balaban J connectivity index is 0.991. The number of hydrogen-bond acceptors (Lipinski definition) is 4. The molecule has 92 heavy (non-hydrogen) atoms. The molecule has 460 valence electrons. The lowest BCUT2D eigenvalue weighted by Gasteiger charge is -2.48. The van der Waals surface area contributed by atoms with E-state index in [1.807, 2.05) is 0 Å². The van der Waals surface area contributed by atoms with Gasteiger partial charge >= 0.3 is 0 Å². The molecular weight excluding hydrogens is 1130 g/mol. The Hall–Kier alpha value is -7.60. The molecule has 0 radical (unpaired) electrons. The maximum Gasteiger partial charge on any atom is 0.264 e. The van der Waals surface area contributed by atoms with E-state index in [1.165, 1.54) is 180 Å². The van der Waals surface area contributed by atoms with Crippen LogP contribution in [-0.4, -0.2) is 6.71 Å². The summed E-state index contributed by atoms with van der Waals surface area (Å²) in [6.07, 6.45) is 6.98. The summed E-state index contributed by atoms with van der Waals surface area (Å²) in [5, 5.41) is 1.37. The smallest absolute Gasteiger partial charge is 0.264 e. The summed E-state index contributed by atoms with van der Waals surface area (Å²) in [6, 6.07) is 66.3. The van der Waals surface area contributed by atoms with Gasteiger partial charge in [-0.2, -0.15) is 0 Å². The normalized spacial score (nSPS) is 21.1. The third kappa shape index (κ3) is 7.58. The topological polar surface area (TPSA) is 9.72 Å². The van der Waals surface area contributed by atoms with Crippen LogP contribution in [0.5, 0.6) is 0 Å². The Morgan fingerprint density at radius 1 is 0.391 bits per heavy atom. The number of benzene rings is 9. The van der Waals surface area contributed by atoms with Crippen LogP contribution in [0.4, 0.5) is 51.2 Å². The summed E-state index contributed by atoms with van der Waals surface area (Å²) in [5.74, 6) is 0.293. The van der Waals surface area contributed by atoms with Gasteiger partial charge in [0, 0.05) is 65.7 Å². The Morgan fingerprint density at radius 3 is 1.59 bits per heavy atom. The third-order valence-electron chi connectivity index (χ3n) is 25.4. The summed E-state index contributed by atoms with van der Waals surface area (Å²) in [6.45, 7) is 40.0. The number of hydrogen-bond donors (Lipinski definition) is 0. The molecule has 9 aromatic carbocycles. The van der Waals surface area contributed by atoms with Crippen LogP contribution in [0, 0.1) is 0 Å². The molecule has 5 heteroatoms. The van der Waals surface area contributed by atoms with Gasteiger partial charge in [0.05, 0.1) is 17.1 Å². The number of para-hydroxylation sites is 1. The second-order valence-corrected chi connectivity index (χ2v) is 35.5. The molecule has 0 bridgehead atoms. The maximum absolute atomic E-state index is 2.79. The first-order valence-corrected chi connectivity index (χ1v) is 35.5. The van der Waals surface area contributed by atoms with Crippen LogP contribution in [0.15, 0.2) is 164 Å². The minimum atomic E-state index is -0.198. The third-order valence-corrected chi connectivity index (χ3v) is 26.6. The fourth-order valence-electron chi connectivity index (χ4n) is 19.5. The average Bonchev–Trinajstić information content (AvgIpc) is 1.39. The zero-order valence-corrected chi connectivity index (χ0v) is 58.1. The Morgan fingerprint density at radius 2 is 0.924 bits per heavy atom. The van der Waals surface area contributed by atoms with Crippen molar-refractivity contribution in [2.45, 2.75) is 199 Å². The first kappa shape index (κ1) is 57.1. The number of rotatable bonds is 5. The summed E-state index contributed by atoms with van der Waals surface area (Å²) in [5.41, 5.74) is 35.7. The lowest BCUT2D eigenvalue weighted by atomic mass is 9.35. The lowest BCUT2D eigenvalue weighted by molar-refractivity contribution is 0.332. The molecule has 0 spiro atoms. The van der Waals surface area contributed by atoms with Crippen molar-refractivity contribution in [3.8, 4) is 22.3 Å². The zero-order valence-electron chi connectivity index (χ0n) is 57.2. The fourth-order valence-corrected chi connectivity index (χ4v) is 20.9. The molecule has 3 heterocycles. The molecule has 0 N–H and O–H groups in total. The van der Waals surface area contributed by atoms with Gasteiger partial charge in [0.15, 0.2) is 0 Å². The highest BCUT2D eigenvalue weighted by molar-refractivity contribution is 7.33. The van der Waals surface area contributed by atoms with E-state index < -0.39 is 0 Å². The first-order chi connectivity index (χ1) is 43.6.